The molecule has 0 spiro atoms. The van der Waals surface area contributed by atoms with Gasteiger partial charge in [-0.1, -0.05) is 0 Å². The third-order valence-corrected chi connectivity index (χ3v) is 2.29. The van der Waals surface area contributed by atoms with Gasteiger partial charge in [-0.05, 0) is 19.8 Å². The molecule has 1 aromatic heterocycles. The second kappa shape index (κ2) is 4.38. The van der Waals surface area contributed by atoms with E-state index in [4.69, 9.17) is 0 Å². The third-order valence-electron chi connectivity index (χ3n) is 2.29. The highest BCUT2D eigenvalue weighted by Gasteiger charge is 2.34. The van der Waals surface area contributed by atoms with E-state index in [0.29, 0.717) is 6.54 Å². The fraction of sp³-hybridized carbons (Fsp3) is 0.600. The predicted octanol–water partition coefficient (Wildman–Crippen LogP) is 2.50. The van der Waals surface area contributed by atoms with Crippen LogP contribution in [0.25, 0.3) is 0 Å². The number of nitrogens with one attached hydrogen (secondary N) is 2. The summed E-state index contributed by atoms with van der Waals surface area (Å²) >= 11 is 0. The van der Waals surface area contributed by atoms with Crippen LogP contribution < -0.4 is 10.6 Å². The van der Waals surface area contributed by atoms with E-state index in [2.05, 4.69) is 20.6 Å². The van der Waals surface area contributed by atoms with Crippen LogP contribution in [0.5, 0.6) is 0 Å². The van der Waals surface area contributed by atoms with Crippen LogP contribution in [-0.4, -0.2) is 22.6 Å². The lowest BCUT2D eigenvalue weighted by Gasteiger charge is -2.11. The quantitative estimate of drug-likeness (QED) is 0.857. The number of rotatable bonds is 4. The Morgan fingerprint density at radius 3 is 2.59 bits per heavy atom. The summed E-state index contributed by atoms with van der Waals surface area (Å²) in [4.78, 5) is 7.46. The first-order valence-electron chi connectivity index (χ1n) is 5.45. The molecular weight excluding hydrogens is 233 g/mol. The normalized spacial score (nSPS) is 15.8. The average molecular weight is 246 g/mol. The lowest BCUT2D eigenvalue weighted by atomic mass is 10.3. The Morgan fingerprint density at radius 1 is 1.35 bits per heavy atom. The van der Waals surface area contributed by atoms with Gasteiger partial charge in [0, 0.05) is 18.7 Å². The maximum Gasteiger partial charge on any atom is 0.433 e. The van der Waals surface area contributed by atoms with Gasteiger partial charge < -0.3 is 10.6 Å². The van der Waals surface area contributed by atoms with Crippen molar-refractivity contribution >= 4 is 11.8 Å². The Labute approximate surface area is 96.7 Å². The highest BCUT2D eigenvalue weighted by Crippen LogP contribution is 2.30. The lowest BCUT2D eigenvalue weighted by molar-refractivity contribution is -0.141. The molecule has 0 atom stereocenters. The predicted molar refractivity (Wildman–Crippen MR) is 57.8 cm³/mol. The summed E-state index contributed by atoms with van der Waals surface area (Å²) in [5.41, 5.74) is -0.924. The fourth-order valence-electron chi connectivity index (χ4n) is 1.34. The van der Waals surface area contributed by atoms with E-state index in [9.17, 15) is 13.2 Å². The molecule has 0 unspecified atom stereocenters. The van der Waals surface area contributed by atoms with Gasteiger partial charge in [-0.15, -0.1) is 0 Å². The van der Waals surface area contributed by atoms with Crippen LogP contribution in [0.1, 0.15) is 25.5 Å². The van der Waals surface area contributed by atoms with Gasteiger partial charge in [0.25, 0.3) is 0 Å². The molecule has 1 saturated carbocycles. The molecule has 7 heteroatoms. The molecule has 2 N–H and O–H groups in total. The molecule has 1 fully saturated rings. The van der Waals surface area contributed by atoms with Crippen LogP contribution in [0.2, 0.25) is 0 Å². The van der Waals surface area contributed by atoms with Gasteiger partial charge in [0.15, 0.2) is 5.69 Å². The van der Waals surface area contributed by atoms with Crippen molar-refractivity contribution in [2.24, 2.45) is 0 Å². The molecule has 1 heterocycles. The first-order chi connectivity index (χ1) is 7.99. The highest BCUT2D eigenvalue weighted by atomic mass is 19.4. The van der Waals surface area contributed by atoms with E-state index >= 15 is 0 Å². The van der Waals surface area contributed by atoms with Crippen molar-refractivity contribution in [3.8, 4) is 0 Å². The Bertz CT molecular complexity index is 401. The van der Waals surface area contributed by atoms with Gasteiger partial charge >= 0.3 is 6.18 Å². The smallest absolute Gasteiger partial charge is 0.370 e. The number of anilines is 2. The van der Waals surface area contributed by atoms with Gasteiger partial charge in [0.05, 0.1) is 0 Å². The summed E-state index contributed by atoms with van der Waals surface area (Å²) in [5, 5.41) is 5.63. The van der Waals surface area contributed by atoms with E-state index in [1.165, 1.54) is 0 Å². The second-order valence-electron chi connectivity index (χ2n) is 3.91. The van der Waals surface area contributed by atoms with E-state index in [1.807, 2.05) is 0 Å². The van der Waals surface area contributed by atoms with Crippen molar-refractivity contribution in [2.45, 2.75) is 32.0 Å². The number of halogens is 3. The standard InChI is InChI=1S/C10H13F3N4/c1-2-14-8-5-7(10(11,12)13)16-9(17-8)15-6-3-4-6/h5-6H,2-4H2,1H3,(H2,14,15,16,17). The minimum Gasteiger partial charge on any atom is -0.370 e. The van der Waals surface area contributed by atoms with E-state index < -0.39 is 11.9 Å². The van der Waals surface area contributed by atoms with Gasteiger partial charge in [-0.3, -0.25) is 0 Å². The monoisotopic (exact) mass is 246 g/mol. The first kappa shape index (κ1) is 11.9. The zero-order chi connectivity index (χ0) is 12.5. The summed E-state index contributed by atoms with van der Waals surface area (Å²) in [7, 11) is 0. The van der Waals surface area contributed by atoms with Gasteiger partial charge in [0.2, 0.25) is 5.95 Å². The summed E-state index contributed by atoms with van der Waals surface area (Å²) < 4.78 is 37.8. The topological polar surface area (TPSA) is 49.8 Å². The zero-order valence-electron chi connectivity index (χ0n) is 9.30. The Kier molecular flexibility index (Phi) is 3.08. The van der Waals surface area contributed by atoms with E-state index in [-0.39, 0.29) is 17.8 Å². The molecule has 1 aliphatic rings. The molecule has 0 bridgehead atoms. The van der Waals surface area contributed by atoms with Crippen LogP contribution in [0.4, 0.5) is 24.9 Å². The Balaban J connectivity index is 2.27. The summed E-state index contributed by atoms with van der Waals surface area (Å²) in [6.07, 6.45) is -2.54. The molecular formula is C10H13F3N4. The average Bonchev–Trinajstić information content (AvgIpc) is 3.00. The maximum atomic E-state index is 12.6. The number of aromatic nitrogens is 2. The van der Waals surface area contributed by atoms with Crippen LogP contribution in [0.15, 0.2) is 6.07 Å². The Hall–Kier alpha value is -1.53. The van der Waals surface area contributed by atoms with Gasteiger partial charge in [0.1, 0.15) is 5.82 Å². The van der Waals surface area contributed by atoms with Crippen LogP contribution in [0.3, 0.4) is 0 Å². The maximum absolute atomic E-state index is 12.6. The van der Waals surface area contributed by atoms with Crippen LogP contribution in [-0.2, 0) is 6.18 Å². The molecule has 0 aromatic carbocycles. The minimum absolute atomic E-state index is 0.0401. The molecule has 94 valence electrons. The molecule has 17 heavy (non-hydrogen) atoms. The molecule has 2 rings (SSSR count). The summed E-state index contributed by atoms with van der Waals surface area (Å²) in [6, 6.07) is 1.13. The molecule has 0 amide bonds. The van der Waals surface area contributed by atoms with Crippen molar-refractivity contribution in [2.75, 3.05) is 17.2 Å². The molecule has 4 nitrogen and oxygen atoms in total. The molecule has 0 aliphatic heterocycles. The van der Waals surface area contributed by atoms with Crippen LogP contribution in [0, 0.1) is 0 Å². The molecule has 0 radical (unpaired) electrons. The lowest BCUT2D eigenvalue weighted by Crippen LogP contribution is -2.14. The summed E-state index contributed by atoms with van der Waals surface area (Å²) in [6.45, 7) is 2.31. The first-order valence-corrected chi connectivity index (χ1v) is 5.45. The number of hydrogen-bond acceptors (Lipinski definition) is 4. The number of hydrogen-bond donors (Lipinski definition) is 2. The van der Waals surface area contributed by atoms with Crippen molar-refractivity contribution in [1.29, 1.82) is 0 Å². The number of nitrogens with zero attached hydrogens (tertiary/aromatic N) is 2. The summed E-state index contributed by atoms with van der Waals surface area (Å²) in [5.74, 6) is 0.233. The molecule has 0 saturated heterocycles. The van der Waals surface area contributed by atoms with Crippen LogP contribution >= 0.6 is 0 Å². The largest absolute Gasteiger partial charge is 0.433 e. The zero-order valence-corrected chi connectivity index (χ0v) is 9.30. The molecule has 1 aromatic rings. The highest BCUT2D eigenvalue weighted by molar-refractivity contribution is 5.43. The Morgan fingerprint density at radius 2 is 2.06 bits per heavy atom. The van der Waals surface area contributed by atoms with Crippen molar-refractivity contribution < 1.29 is 13.2 Å². The van der Waals surface area contributed by atoms with Gasteiger partial charge in [-0.2, -0.15) is 18.2 Å². The fourth-order valence-corrected chi connectivity index (χ4v) is 1.34. The van der Waals surface area contributed by atoms with E-state index in [1.54, 1.807) is 6.92 Å². The van der Waals surface area contributed by atoms with Gasteiger partial charge in [-0.25, -0.2) is 4.98 Å². The SMILES string of the molecule is CCNc1cc(C(F)(F)F)nc(NC2CC2)n1. The number of alkyl halides is 3. The van der Waals surface area contributed by atoms with Crippen molar-refractivity contribution in [1.82, 2.24) is 9.97 Å². The van der Waals surface area contributed by atoms with Crippen molar-refractivity contribution in [3.05, 3.63) is 11.8 Å². The molecule has 1 aliphatic carbocycles. The van der Waals surface area contributed by atoms with Crippen molar-refractivity contribution in [3.63, 3.8) is 0 Å². The second-order valence-corrected chi connectivity index (χ2v) is 3.91. The van der Waals surface area contributed by atoms with E-state index in [0.717, 1.165) is 18.9 Å². The third kappa shape index (κ3) is 3.21. The minimum atomic E-state index is -4.45.